The second kappa shape index (κ2) is 6.67. The van der Waals surface area contributed by atoms with Crippen LogP contribution in [-0.2, 0) is 4.74 Å². The molecule has 3 heteroatoms. The molecule has 3 atom stereocenters. The van der Waals surface area contributed by atoms with E-state index >= 15 is 0 Å². The predicted octanol–water partition coefficient (Wildman–Crippen LogP) is 3.76. The van der Waals surface area contributed by atoms with E-state index in [0.29, 0.717) is 6.04 Å². The maximum absolute atomic E-state index is 11.0. The normalized spacial score (nSPS) is 24.5. The van der Waals surface area contributed by atoms with Crippen LogP contribution in [0.2, 0.25) is 0 Å². The molecule has 2 aromatic rings. The van der Waals surface area contributed by atoms with Crippen molar-refractivity contribution in [3.63, 3.8) is 0 Å². The van der Waals surface area contributed by atoms with Crippen LogP contribution in [0, 0.1) is 0 Å². The van der Waals surface area contributed by atoms with Gasteiger partial charge >= 0.3 is 0 Å². The number of aliphatic hydroxyl groups excluding tert-OH is 1. The van der Waals surface area contributed by atoms with Crippen LogP contribution in [0.1, 0.15) is 49.0 Å². The molecule has 1 spiro atoms. The summed E-state index contributed by atoms with van der Waals surface area (Å²) in [5.74, 6) is 0. The fraction of sp³-hybridized carbons (Fsp3) is 0.429. The molecule has 0 radical (unpaired) electrons. The number of hydrogen-bond donors (Lipinski definition) is 2. The minimum atomic E-state index is -0.577. The summed E-state index contributed by atoms with van der Waals surface area (Å²) in [6.45, 7) is 0.741. The summed E-state index contributed by atoms with van der Waals surface area (Å²) in [4.78, 5) is 0. The molecule has 1 saturated carbocycles. The Kier molecular flexibility index (Phi) is 4.40. The van der Waals surface area contributed by atoms with Crippen molar-refractivity contribution in [3.05, 3.63) is 71.8 Å². The zero-order valence-electron chi connectivity index (χ0n) is 13.9. The summed E-state index contributed by atoms with van der Waals surface area (Å²) < 4.78 is 6.07. The van der Waals surface area contributed by atoms with E-state index in [-0.39, 0.29) is 11.6 Å². The molecule has 1 unspecified atom stereocenters. The summed E-state index contributed by atoms with van der Waals surface area (Å²) >= 11 is 0. The lowest BCUT2D eigenvalue weighted by molar-refractivity contribution is -0.0563. The van der Waals surface area contributed by atoms with Crippen LogP contribution >= 0.6 is 0 Å². The van der Waals surface area contributed by atoms with Crippen molar-refractivity contribution < 1.29 is 9.84 Å². The quantitative estimate of drug-likeness (QED) is 0.880. The number of hydrogen-bond acceptors (Lipinski definition) is 3. The minimum Gasteiger partial charge on any atom is -0.386 e. The Morgan fingerprint density at radius 1 is 0.958 bits per heavy atom. The molecule has 0 amide bonds. The van der Waals surface area contributed by atoms with Crippen molar-refractivity contribution in [1.29, 1.82) is 0 Å². The van der Waals surface area contributed by atoms with Crippen molar-refractivity contribution in [3.8, 4) is 0 Å². The molecular formula is C21H25NO2. The first kappa shape index (κ1) is 15.8. The fourth-order valence-electron chi connectivity index (χ4n) is 4.00. The van der Waals surface area contributed by atoms with Gasteiger partial charge in [0.25, 0.3) is 0 Å². The van der Waals surface area contributed by atoms with Crippen molar-refractivity contribution in [2.45, 2.75) is 49.5 Å². The topological polar surface area (TPSA) is 41.5 Å². The average Bonchev–Trinajstić information content (AvgIpc) is 3.05. The van der Waals surface area contributed by atoms with Crippen LogP contribution < -0.4 is 5.32 Å². The van der Waals surface area contributed by atoms with Crippen LogP contribution in [-0.4, -0.2) is 23.4 Å². The maximum Gasteiger partial charge on any atom is 0.0984 e. The van der Waals surface area contributed by atoms with E-state index in [1.54, 1.807) is 0 Å². The highest BCUT2D eigenvalue weighted by Crippen LogP contribution is 2.44. The Balaban J connectivity index is 1.55. The van der Waals surface area contributed by atoms with Crippen molar-refractivity contribution in [2.24, 2.45) is 0 Å². The number of benzene rings is 2. The first-order valence-electron chi connectivity index (χ1n) is 8.94. The number of rotatable bonds is 5. The number of nitrogens with one attached hydrogen (secondary N) is 1. The van der Waals surface area contributed by atoms with E-state index in [2.05, 4.69) is 17.4 Å². The summed E-state index contributed by atoms with van der Waals surface area (Å²) in [5.41, 5.74) is 2.18. The Bertz CT molecular complexity index is 654. The minimum absolute atomic E-state index is 0.122. The molecule has 0 bridgehead atoms. The van der Waals surface area contributed by atoms with Gasteiger partial charge in [0, 0.05) is 6.04 Å². The van der Waals surface area contributed by atoms with Gasteiger partial charge in [0.2, 0.25) is 0 Å². The lowest BCUT2D eigenvalue weighted by atomic mass is 9.77. The van der Waals surface area contributed by atoms with E-state index in [1.807, 2.05) is 48.5 Å². The van der Waals surface area contributed by atoms with Crippen LogP contribution in [0.3, 0.4) is 0 Å². The zero-order chi connectivity index (χ0) is 16.4. The van der Waals surface area contributed by atoms with Gasteiger partial charge in [0.1, 0.15) is 0 Å². The lowest BCUT2D eigenvalue weighted by Crippen LogP contribution is -2.40. The van der Waals surface area contributed by atoms with Gasteiger partial charge in [-0.15, -0.1) is 0 Å². The van der Waals surface area contributed by atoms with E-state index in [9.17, 15) is 5.11 Å². The molecule has 3 nitrogen and oxygen atoms in total. The third-order valence-corrected chi connectivity index (χ3v) is 5.50. The summed E-state index contributed by atoms with van der Waals surface area (Å²) in [6.07, 6.45) is 4.12. The fourth-order valence-corrected chi connectivity index (χ4v) is 4.00. The molecule has 1 heterocycles. The predicted molar refractivity (Wildman–Crippen MR) is 94.7 cm³/mol. The Morgan fingerprint density at radius 2 is 1.58 bits per heavy atom. The largest absolute Gasteiger partial charge is 0.386 e. The lowest BCUT2D eigenvalue weighted by Gasteiger charge is -2.37. The molecule has 2 aliphatic rings. The van der Waals surface area contributed by atoms with Gasteiger partial charge in [-0.2, -0.15) is 0 Å². The van der Waals surface area contributed by atoms with Crippen molar-refractivity contribution in [2.75, 3.05) is 6.61 Å². The van der Waals surface area contributed by atoms with Gasteiger partial charge in [-0.25, -0.2) is 0 Å². The molecule has 0 aromatic heterocycles. The molecule has 4 rings (SSSR count). The molecule has 2 fully saturated rings. The van der Waals surface area contributed by atoms with Crippen molar-refractivity contribution in [1.82, 2.24) is 5.32 Å². The smallest absolute Gasteiger partial charge is 0.0984 e. The van der Waals surface area contributed by atoms with Crippen LogP contribution in [0.25, 0.3) is 0 Å². The van der Waals surface area contributed by atoms with E-state index in [1.165, 1.54) is 19.3 Å². The highest BCUT2D eigenvalue weighted by Gasteiger charge is 2.45. The average molecular weight is 323 g/mol. The molecule has 1 saturated heterocycles. The first-order chi connectivity index (χ1) is 11.8. The third-order valence-electron chi connectivity index (χ3n) is 5.50. The SMILES string of the molecule is O[C@@H](c1ccccc1)[C@H](NC1COC2(CCC2)C1)c1ccccc1. The summed E-state index contributed by atoms with van der Waals surface area (Å²) in [5, 5.41) is 14.7. The summed E-state index contributed by atoms with van der Waals surface area (Å²) in [7, 11) is 0. The molecule has 2 aromatic carbocycles. The zero-order valence-corrected chi connectivity index (χ0v) is 13.9. The van der Waals surface area contributed by atoms with Crippen LogP contribution in [0.4, 0.5) is 0 Å². The van der Waals surface area contributed by atoms with E-state index in [4.69, 9.17) is 4.74 Å². The van der Waals surface area contributed by atoms with E-state index < -0.39 is 6.10 Å². The molecule has 24 heavy (non-hydrogen) atoms. The Hall–Kier alpha value is -1.68. The Morgan fingerprint density at radius 3 is 2.12 bits per heavy atom. The molecule has 1 aliphatic heterocycles. The molecule has 1 aliphatic carbocycles. The van der Waals surface area contributed by atoms with Crippen molar-refractivity contribution >= 4 is 0 Å². The van der Waals surface area contributed by atoms with E-state index in [0.717, 1.165) is 24.2 Å². The molecular weight excluding hydrogens is 298 g/mol. The summed E-state index contributed by atoms with van der Waals surface area (Å²) in [6, 6.07) is 20.3. The molecule has 2 N–H and O–H groups in total. The van der Waals surface area contributed by atoms with Gasteiger partial charge in [-0.1, -0.05) is 60.7 Å². The third kappa shape index (κ3) is 3.12. The monoisotopic (exact) mass is 323 g/mol. The maximum atomic E-state index is 11.0. The number of aliphatic hydroxyl groups is 1. The Labute approximate surface area is 143 Å². The molecule has 126 valence electrons. The van der Waals surface area contributed by atoms with Crippen LogP contribution in [0.5, 0.6) is 0 Å². The van der Waals surface area contributed by atoms with Gasteiger partial charge in [-0.3, -0.25) is 0 Å². The van der Waals surface area contributed by atoms with Gasteiger partial charge in [0.05, 0.1) is 24.4 Å². The first-order valence-corrected chi connectivity index (χ1v) is 8.94. The van der Waals surface area contributed by atoms with Crippen LogP contribution in [0.15, 0.2) is 60.7 Å². The number of ether oxygens (including phenoxy) is 1. The highest BCUT2D eigenvalue weighted by atomic mass is 16.5. The van der Waals surface area contributed by atoms with Gasteiger partial charge in [0.15, 0.2) is 0 Å². The van der Waals surface area contributed by atoms with Gasteiger partial charge in [-0.05, 0) is 36.8 Å². The highest BCUT2D eigenvalue weighted by molar-refractivity contribution is 5.26. The van der Waals surface area contributed by atoms with Gasteiger partial charge < -0.3 is 15.2 Å². The standard InChI is InChI=1S/C21H25NO2/c23-20(17-10-5-2-6-11-17)19(16-8-3-1-4-9-16)22-18-14-21(24-15-18)12-7-13-21/h1-6,8-11,18-20,22-23H,7,12-15H2/t18?,19-,20+/m1/s1. The second-order valence-electron chi connectivity index (χ2n) is 7.16. The second-order valence-corrected chi connectivity index (χ2v) is 7.16.